The van der Waals surface area contributed by atoms with E-state index in [4.69, 9.17) is 9.47 Å². The zero-order valence-corrected chi connectivity index (χ0v) is 19.6. The highest BCUT2D eigenvalue weighted by molar-refractivity contribution is 7.99. The van der Waals surface area contributed by atoms with Crippen molar-refractivity contribution < 1.29 is 14.3 Å². The Hall–Kier alpha value is -2.42. The Kier molecular flexibility index (Phi) is 6.17. The van der Waals surface area contributed by atoms with Gasteiger partial charge < -0.3 is 19.3 Å². The maximum absolute atomic E-state index is 12.8. The van der Waals surface area contributed by atoms with Gasteiger partial charge in [-0.1, -0.05) is 30.8 Å². The van der Waals surface area contributed by atoms with E-state index in [1.807, 2.05) is 31.3 Å². The molecule has 3 heterocycles. The van der Waals surface area contributed by atoms with Crippen molar-refractivity contribution in [2.24, 2.45) is 5.92 Å². The normalized spacial score (nSPS) is 20.9. The largest absolute Gasteiger partial charge is 0.486 e. The van der Waals surface area contributed by atoms with Crippen molar-refractivity contribution in [2.75, 3.05) is 43.9 Å². The predicted molar refractivity (Wildman–Crippen MR) is 124 cm³/mol. The fraction of sp³-hybridized carbons (Fsp3) is 0.609. The second-order valence-corrected chi connectivity index (χ2v) is 10.1. The van der Waals surface area contributed by atoms with Gasteiger partial charge >= 0.3 is 0 Å². The van der Waals surface area contributed by atoms with Crippen LogP contribution < -0.4 is 14.4 Å². The monoisotopic (exact) mass is 457 g/mol. The first-order valence-electron chi connectivity index (χ1n) is 11.5. The van der Waals surface area contributed by atoms with Crippen LogP contribution in [0.2, 0.25) is 0 Å². The molecule has 2 aliphatic heterocycles. The minimum Gasteiger partial charge on any atom is -0.486 e. The lowest BCUT2D eigenvalue weighted by Crippen LogP contribution is -2.42. The number of hydrogen-bond acceptors (Lipinski definition) is 7. The Morgan fingerprint density at radius 1 is 1.16 bits per heavy atom. The molecule has 3 aliphatic rings. The molecule has 1 atom stereocenters. The van der Waals surface area contributed by atoms with Gasteiger partial charge in [0.05, 0.1) is 12.3 Å². The Bertz CT molecular complexity index is 955. The summed E-state index contributed by atoms with van der Waals surface area (Å²) >= 11 is 1.49. The number of nitrogens with zero attached hydrogens (tertiary/aromatic N) is 5. The van der Waals surface area contributed by atoms with Crippen molar-refractivity contribution in [3.8, 4) is 11.5 Å². The van der Waals surface area contributed by atoms with E-state index < -0.39 is 0 Å². The van der Waals surface area contributed by atoms with E-state index in [1.54, 1.807) is 4.90 Å². The molecule has 1 aromatic heterocycles. The molecule has 1 saturated heterocycles. The van der Waals surface area contributed by atoms with Crippen molar-refractivity contribution in [2.45, 2.75) is 49.9 Å². The fourth-order valence-corrected chi connectivity index (χ4v) is 5.18. The van der Waals surface area contributed by atoms with Gasteiger partial charge in [-0.15, -0.1) is 10.2 Å². The molecule has 2 aromatic rings. The van der Waals surface area contributed by atoms with Crippen LogP contribution in [0.5, 0.6) is 11.5 Å². The molecule has 0 N–H and O–H groups in total. The lowest BCUT2D eigenvalue weighted by molar-refractivity contribution is -0.128. The van der Waals surface area contributed by atoms with Gasteiger partial charge in [0.1, 0.15) is 6.61 Å². The molecule has 2 fully saturated rings. The Morgan fingerprint density at radius 3 is 2.66 bits per heavy atom. The van der Waals surface area contributed by atoms with Gasteiger partial charge in [0.25, 0.3) is 0 Å². The third-order valence-electron chi connectivity index (χ3n) is 6.42. The molecule has 0 bridgehead atoms. The zero-order chi connectivity index (χ0) is 22.1. The lowest BCUT2D eigenvalue weighted by atomic mass is 10.00. The van der Waals surface area contributed by atoms with Crippen LogP contribution in [0, 0.1) is 5.92 Å². The van der Waals surface area contributed by atoms with Gasteiger partial charge in [-0.3, -0.25) is 9.36 Å². The van der Waals surface area contributed by atoms with Crippen molar-refractivity contribution in [3.63, 3.8) is 0 Å². The van der Waals surface area contributed by atoms with Crippen molar-refractivity contribution in [3.05, 3.63) is 24.3 Å². The maximum atomic E-state index is 12.8. The molecule has 5 rings (SSSR count). The third kappa shape index (κ3) is 4.67. The predicted octanol–water partition coefficient (Wildman–Crippen LogP) is 3.24. The molecule has 172 valence electrons. The first-order chi connectivity index (χ1) is 15.6. The molecule has 1 amide bonds. The van der Waals surface area contributed by atoms with E-state index in [0.717, 1.165) is 54.5 Å². The zero-order valence-electron chi connectivity index (χ0n) is 18.8. The van der Waals surface area contributed by atoms with Crippen LogP contribution in [-0.4, -0.2) is 70.7 Å². The molecule has 9 heteroatoms. The van der Waals surface area contributed by atoms with Gasteiger partial charge in [0.2, 0.25) is 11.9 Å². The number of rotatable bonds is 7. The topological polar surface area (TPSA) is 72.7 Å². The highest BCUT2D eigenvalue weighted by atomic mass is 32.2. The average Bonchev–Trinajstić information content (AvgIpc) is 3.56. The number of hydrogen-bond donors (Lipinski definition) is 0. The van der Waals surface area contributed by atoms with Crippen molar-refractivity contribution in [1.29, 1.82) is 0 Å². The molecule has 0 spiro atoms. The summed E-state index contributed by atoms with van der Waals surface area (Å²) in [6.07, 6.45) is 4.54. The smallest absolute Gasteiger partial charge is 0.232 e. The quantitative estimate of drug-likeness (QED) is 0.591. The van der Waals surface area contributed by atoms with Gasteiger partial charge in [-0.25, -0.2) is 0 Å². The van der Waals surface area contributed by atoms with E-state index in [2.05, 4.69) is 26.6 Å². The molecule has 1 unspecified atom stereocenters. The van der Waals surface area contributed by atoms with Crippen molar-refractivity contribution >= 4 is 23.6 Å². The number of aromatic nitrogens is 3. The number of para-hydroxylation sites is 2. The molecule has 1 saturated carbocycles. The number of carbonyl (C=O) groups excluding carboxylic acids is 1. The Morgan fingerprint density at radius 2 is 1.91 bits per heavy atom. The summed E-state index contributed by atoms with van der Waals surface area (Å²) in [5, 5.41) is 9.84. The van der Waals surface area contributed by atoms with Crippen LogP contribution in [-0.2, 0) is 4.79 Å². The van der Waals surface area contributed by atoms with Crippen LogP contribution in [0.4, 0.5) is 5.95 Å². The number of thioether (sulfide) groups is 1. The number of benzene rings is 1. The second kappa shape index (κ2) is 9.21. The van der Waals surface area contributed by atoms with Crippen LogP contribution in [0.25, 0.3) is 0 Å². The van der Waals surface area contributed by atoms with E-state index in [1.165, 1.54) is 24.6 Å². The first-order valence-corrected chi connectivity index (χ1v) is 12.5. The van der Waals surface area contributed by atoms with E-state index >= 15 is 0 Å². The molecule has 1 aromatic carbocycles. The lowest BCUT2D eigenvalue weighted by Gasteiger charge is -2.31. The van der Waals surface area contributed by atoms with Crippen LogP contribution >= 0.6 is 11.8 Å². The van der Waals surface area contributed by atoms with Gasteiger partial charge in [0.15, 0.2) is 22.8 Å². The summed E-state index contributed by atoms with van der Waals surface area (Å²) in [7, 11) is 1.82. The standard InChI is InChI=1S/C23H31N5O3S/c1-16-9-11-27(12-10-16)22-24-25-23(28(22)17-7-8-17)32-15-21(29)26(2)13-18-14-30-19-5-3-4-6-20(19)31-18/h3-6,16-18H,7-15H2,1-2H3. The highest BCUT2D eigenvalue weighted by Crippen LogP contribution is 2.41. The number of anilines is 1. The SMILES string of the molecule is CC1CCN(c2nnc(SCC(=O)N(C)CC3COc4ccccc4O3)n2C2CC2)CC1. The summed E-state index contributed by atoms with van der Waals surface area (Å²) in [6.45, 7) is 5.31. The number of likely N-dealkylation sites (N-methyl/N-ethyl adjacent to an activating group) is 1. The number of fused-ring (bicyclic) bond motifs is 1. The highest BCUT2D eigenvalue weighted by Gasteiger charge is 2.33. The van der Waals surface area contributed by atoms with E-state index in [-0.39, 0.29) is 12.0 Å². The van der Waals surface area contributed by atoms with E-state index in [0.29, 0.717) is 24.9 Å². The summed E-state index contributed by atoms with van der Waals surface area (Å²) in [5.41, 5.74) is 0. The molecule has 32 heavy (non-hydrogen) atoms. The second-order valence-electron chi connectivity index (χ2n) is 9.11. The van der Waals surface area contributed by atoms with Crippen molar-refractivity contribution in [1.82, 2.24) is 19.7 Å². The summed E-state index contributed by atoms with van der Waals surface area (Å²) in [5.74, 6) is 3.63. The minimum atomic E-state index is -0.174. The number of piperidine rings is 1. The first kappa shape index (κ1) is 21.4. The maximum Gasteiger partial charge on any atom is 0.232 e. The molecular formula is C23H31N5O3S. The number of carbonyl (C=O) groups is 1. The third-order valence-corrected chi connectivity index (χ3v) is 7.35. The number of ether oxygens (including phenoxy) is 2. The van der Waals surface area contributed by atoms with Gasteiger partial charge in [0, 0.05) is 26.2 Å². The van der Waals surface area contributed by atoms with Gasteiger partial charge in [-0.2, -0.15) is 0 Å². The molecule has 1 aliphatic carbocycles. The molecule has 8 nitrogen and oxygen atoms in total. The van der Waals surface area contributed by atoms with Crippen LogP contribution in [0.1, 0.15) is 38.6 Å². The fourth-order valence-electron chi connectivity index (χ4n) is 4.24. The number of amides is 1. The summed E-state index contributed by atoms with van der Waals surface area (Å²) < 4.78 is 14.0. The van der Waals surface area contributed by atoms with Crippen LogP contribution in [0.15, 0.2) is 29.4 Å². The van der Waals surface area contributed by atoms with Gasteiger partial charge in [-0.05, 0) is 43.7 Å². The van der Waals surface area contributed by atoms with E-state index in [9.17, 15) is 4.79 Å². The Balaban J connectivity index is 1.17. The molecular weight excluding hydrogens is 426 g/mol. The van der Waals surface area contributed by atoms with Crippen LogP contribution in [0.3, 0.4) is 0 Å². The molecule has 0 radical (unpaired) electrons. The Labute approximate surface area is 193 Å². The summed E-state index contributed by atoms with van der Waals surface area (Å²) in [6, 6.07) is 8.11. The summed E-state index contributed by atoms with van der Waals surface area (Å²) in [4.78, 5) is 16.9. The minimum absolute atomic E-state index is 0.0520. The average molecular weight is 458 g/mol.